The molecule has 2 aliphatic rings. The highest BCUT2D eigenvalue weighted by atomic mass is 16.2. The van der Waals surface area contributed by atoms with E-state index in [1.807, 2.05) is 0 Å². The van der Waals surface area contributed by atoms with Gasteiger partial charge in [0.1, 0.15) is 0 Å². The molecule has 1 aromatic rings. The second-order valence-electron chi connectivity index (χ2n) is 5.28. The summed E-state index contributed by atoms with van der Waals surface area (Å²) in [6, 6.07) is 2.29. The van der Waals surface area contributed by atoms with Crippen molar-refractivity contribution in [1.82, 2.24) is 20.2 Å². The van der Waals surface area contributed by atoms with Crippen LogP contribution in [0.2, 0.25) is 0 Å². The fourth-order valence-corrected chi connectivity index (χ4v) is 3.00. The van der Waals surface area contributed by atoms with Crippen LogP contribution in [0.25, 0.3) is 0 Å². The molecule has 0 spiro atoms. The van der Waals surface area contributed by atoms with Crippen molar-refractivity contribution in [1.29, 1.82) is 0 Å². The summed E-state index contributed by atoms with van der Waals surface area (Å²) in [5.74, 6) is 1.04. The number of likely N-dealkylation sites (tertiary alicyclic amines) is 1. The smallest absolute Gasteiger partial charge is 0.240 e. The summed E-state index contributed by atoms with van der Waals surface area (Å²) in [6.45, 7) is 3.51. The van der Waals surface area contributed by atoms with Gasteiger partial charge in [-0.1, -0.05) is 0 Å². The van der Waals surface area contributed by atoms with E-state index in [4.69, 9.17) is 0 Å². The minimum Gasteiger partial charge on any atom is -0.312 e. The quantitative estimate of drug-likeness (QED) is 0.807. The van der Waals surface area contributed by atoms with Crippen LogP contribution < -0.4 is 10.6 Å². The molecule has 2 aliphatic heterocycles. The first-order valence-electron chi connectivity index (χ1n) is 6.84. The van der Waals surface area contributed by atoms with Crippen molar-refractivity contribution < 1.29 is 4.79 Å². The molecule has 0 bridgehead atoms. The zero-order valence-corrected chi connectivity index (χ0v) is 10.9. The third-order valence-electron chi connectivity index (χ3n) is 3.86. The molecular weight excluding hydrogens is 242 g/mol. The molecule has 0 saturated carbocycles. The minimum absolute atomic E-state index is 0.0372. The van der Waals surface area contributed by atoms with Crippen molar-refractivity contribution in [3.63, 3.8) is 0 Å². The van der Waals surface area contributed by atoms with Crippen LogP contribution in [0.4, 0.5) is 5.95 Å². The van der Waals surface area contributed by atoms with Crippen LogP contribution in [0.15, 0.2) is 18.5 Å². The first-order valence-corrected chi connectivity index (χ1v) is 6.84. The fourth-order valence-electron chi connectivity index (χ4n) is 3.00. The summed E-state index contributed by atoms with van der Waals surface area (Å²) < 4.78 is 0. The molecule has 2 N–H and O–H groups in total. The topological polar surface area (TPSA) is 70.2 Å². The highest BCUT2D eigenvalue weighted by molar-refractivity contribution is 5.90. The Kier molecular flexibility index (Phi) is 3.70. The van der Waals surface area contributed by atoms with E-state index in [-0.39, 0.29) is 5.91 Å². The third kappa shape index (κ3) is 3.08. The van der Waals surface area contributed by atoms with Crippen molar-refractivity contribution in [2.45, 2.75) is 18.9 Å². The minimum atomic E-state index is -0.0372. The largest absolute Gasteiger partial charge is 0.312 e. The third-order valence-corrected chi connectivity index (χ3v) is 3.86. The molecular formula is C13H19N5O. The number of anilines is 1. The number of amides is 1. The van der Waals surface area contributed by atoms with E-state index < -0.39 is 0 Å². The maximum Gasteiger partial charge on any atom is 0.240 e. The van der Waals surface area contributed by atoms with Crippen LogP contribution in [-0.4, -0.2) is 53.0 Å². The van der Waals surface area contributed by atoms with Gasteiger partial charge in [-0.15, -0.1) is 0 Å². The molecule has 2 fully saturated rings. The monoisotopic (exact) mass is 261 g/mol. The molecule has 2 saturated heterocycles. The average Bonchev–Trinajstić information content (AvgIpc) is 2.81. The van der Waals surface area contributed by atoms with Gasteiger partial charge in [0.15, 0.2) is 0 Å². The molecule has 3 heterocycles. The molecule has 6 nitrogen and oxygen atoms in total. The number of fused-ring (bicyclic) bond motifs is 1. The molecule has 6 heteroatoms. The molecule has 19 heavy (non-hydrogen) atoms. The first kappa shape index (κ1) is 12.5. The fraction of sp³-hybridized carbons (Fsp3) is 0.615. The number of carbonyl (C=O) groups excluding carboxylic acids is 1. The number of hydrogen-bond acceptors (Lipinski definition) is 5. The van der Waals surface area contributed by atoms with Crippen LogP contribution in [0.5, 0.6) is 0 Å². The Morgan fingerprint density at radius 2 is 2.26 bits per heavy atom. The van der Waals surface area contributed by atoms with Gasteiger partial charge in [-0.2, -0.15) is 0 Å². The molecule has 0 aromatic carbocycles. The number of piperidine rings is 1. The van der Waals surface area contributed by atoms with Crippen molar-refractivity contribution >= 4 is 11.9 Å². The Hall–Kier alpha value is -1.53. The predicted octanol–water partition coefficient (Wildman–Crippen LogP) is 0.0989. The van der Waals surface area contributed by atoms with Gasteiger partial charge in [0.2, 0.25) is 11.9 Å². The van der Waals surface area contributed by atoms with Gasteiger partial charge in [0.25, 0.3) is 0 Å². The number of rotatable bonds is 3. The Balaban J connectivity index is 1.50. The van der Waals surface area contributed by atoms with Crippen molar-refractivity contribution in [3.05, 3.63) is 18.5 Å². The van der Waals surface area contributed by atoms with Gasteiger partial charge in [-0.05, 0) is 31.4 Å². The van der Waals surface area contributed by atoms with Crippen LogP contribution in [0, 0.1) is 5.92 Å². The predicted molar refractivity (Wildman–Crippen MR) is 71.6 cm³/mol. The Labute approximate surface area is 112 Å². The Morgan fingerprint density at radius 3 is 3.05 bits per heavy atom. The average molecular weight is 261 g/mol. The number of carbonyl (C=O) groups is 1. The summed E-state index contributed by atoms with van der Waals surface area (Å²) in [4.78, 5) is 22.1. The number of aromatic nitrogens is 2. The molecule has 0 radical (unpaired) electrons. The first-order chi connectivity index (χ1) is 9.31. The number of hydrogen-bond donors (Lipinski definition) is 2. The maximum atomic E-state index is 11.9. The Morgan fingerprint density at radius 1 is 1.42 bits per heavy atom. The standard InChI is InChI=1S/C13H19N5O/c19-12(17-13-15-5-2-6-16-13)9-18-7-10-3-1-4-14-11(10)8-18/h2,5-6,10-11,14H,1,3-4,7-9H2,(H,15,16,17,19). The van der Waals surface area contributed by atoms with Gasteiger partial charge >= 0.3 is 0 Å². The molecule has 102 valence electrons. The van der Waals surface area contributed by atoms with E-state index in [1.165, 1.54) is 12.8 Å². The second-order valence-corrected chi connectivity index (χ2v) is 5.28. The molecule has 1 aromatic heterocycles. The van der Waals surface area contributed by atoms with Gasteiger partial charge in [0.05, 0.1) is 6.54 Å². The van der Waals surface area contributed by atoms with E-state index in [9.17, 15) is 4.79 Å². The zero-order valence-electron chi connectivity index (χ0n) is 10.9. The van der Waals surface area contributed by atoms with Crippen LogP contribution in [0.1, 0.15) is 12.8 Å². The summed E-state index contributed by atoms with van der Waals surface area (Å²) in [5.41, 5.74) is 0. The lowest BCUT2D eigenvalue weighted by Gasteiger charge is -2.24. The number of nitrogens with one attached hydrogen (secondary N) is 2. The van der Waals surface area contributed by atoms with E-state index in [1.54, 1.807) is 18.5 Å². The van der Waals surface area contributed by atoms with Gasteiger partial charge < -0.3 is 5.32 Å². The van der Waals surface area contributed by atoms with E-state index in [0.29, 0.717) is 24.5 Å². The summed E-state index contributed by atoms with van der Waals surface area (Å²) >= 11 is 0. The van der Waals surface area contributed by atoms with E-state index in [2.05, 4.69) is 25.5 Å². The lowest BCUT2D eigenvalue weighted by atomic mass is 9.94. The highest BCUT2D eigenvalue weighted by Crippen LogP contribution is 2.24. The van der Waals surface area contributed by atoms with Gasteiger partial charge in [-0.25, -0.2) is 9.97 Å². The molecule has 2 unspecified atom stereocenters. The van der Waals surface area contributed by atoms with Crippen LogP contribution >= 0.6 is 0 Å². The summed E-state index contributed by atoms with van der Waals surface area (Å²) in [5, 5.41) is 6.26. The van der Waals surface area contributed by atoms with Crippen LogP contribution in [-0.2, 0) is 4.79 Å². The lowest BCUT2D eigenvalue weighted by molar-refractivity contribution is -0.117. The zero-order chi connectivity index (χ0) is 13.1. The lowest BCUT2D eigenvalue weighted by Crippen LogP contribution is -2.41. The van der Waals surface area contributed by atoms with Gasteiger partial charge in [-0.3, -0.25) is 15.0 Å². The highest BCUT2D eigenvalue weighted by Gasteiger charge is 2.34. The number of nitrogens with zero attached hydrogens (tertiary/aromatic N) is 3. The van der Waals surface area contributed by atoms with Gasteiger partial charge in [0, 0.05) is 31.5 Å². The van der Waals surface area contributed by atoms with Crippen LogP contribution in [0.3, 0.4) is 0 Å². The summed E-state index contributed by atoms with van der Waals surface area (Å²) in [7, 11) is 0. The molecule has 1 amide bonds. The summed E-state index contributed by atoms with van der Waals surface area (Å²) in [6.07, 6.45) is 5.77. The van der Waals surface area contributed by atoms with Crippen molar-refractivity contribution in [2.24, 2.45) is 5.92 Å². The second kappa shape index (κ2) is 5.63. The SMILES string of the molecule is O=C(CN1CC2CCCNC2C1)Nc1ncccn1. The van der Waals surface area contributed by atoms with E-state index >= 15 is 0 Å². The maximum absolute atomic E-state index is 11.9. The van der Waals surface area contributed by atoms with E-state index in [0.717, 1.165) is 19.6 Å². The van der Waals surface area contributed by atoms with Crippen molar-refractivity contribution in [3.8, 4) is 0 Å². The molecule has 0 aliphatic carbocycles. The Bertz CT molecular complexity index is 424. The molecule has 2 atom stereocenters. The normalized spacial score (nSPS) is 26.9. The van der Waals surface area contributed by atoms with Crippen molar-refractivity contribution in [2.75, 3.05) is 31.5 Å². The molecule has 3 rings (SSSR count).